The van der Waals surface area contributed by atoms with Crippen LogP contribution >= 0.6 is 15.9 Å². The molecule has 0 saturated heterocycles. The smallest absolute Gasteiger partial charge is 0.240 e. The molecule has 25 heavy (non-hydrogen) atoms. The van der Waals surface area contributed by atoms with Gasteiger partial charge in [-0.25, -0.2) is 13.1 Å². The van der Waals surface area contributed by atoms with Crippen LogP contribution in [0.4, 0.5) is 5.69 Å². The van der Waals surface area contributed by atoms with Crippen LogP contribution in [0.15, 0.2) is 51.8 Å². The van der Waals surface area contributed by atoms with Crippen LogP contribution in [0.3, 0.4) is 0 Å². The van der Waals surface area contributed by atoms with Gasteiger partial charge >= 0.3 is 0 Å². The van der Waals surface area contributed by atoms with E-state index in [0.717, 1.165) is 22.3 Å². The molecule has 0 aliphatic heterocycles. The largest absolute Gasteiger partial charge is 0.370 e. The molecule has 1 N–H and O–H groups in total. The first-order valence-electron chi connectivity index (χ1n) is 8.47. The molecule has 0 fully saturated rings. The Bertz CT molecular complexity index is 822. The number of nitrogens with one attached hydrogen (secondary N) is 1. The van der Waals surface area contributed by atoms with E-state index < -0.39 is 10.0 Å². The van der Waals surface area contributed by atoms with Crippen LogP contribution in [-0.4, -0.2) is 28.1 Å². The summed E-state index contributed by atoms with van der Waals surface area (Å²) in [5, 5.41) is 0. The van der Waals surface area contributed by atoms with Crippen molar-refractivity contribution in [2.75, 3.05) is 24.5 Å². The molecule has 0 unspecified atom stereocenters. The molecular formula is C19H25BrN2O2S. The van der Waals surface area contributed by atoms with Crippen LogP contribution < -0.4 is 9.62 Å². The minimum Gasteiger partial charge on any atom is -0.370 e. The third-order valence-corrected chi connectivity index (χ3v) is 6.17. The van der Waals surface area contributed by atoms with E-state index in [4.69, 9.17) is 0 Å². The van der Waals surface area contributed by atoms with E-state index in [1.807, 2.05) is 19.1 Å². The first-order chi connectivity index (χ1) is 11.9. The summed E-state index contributed by atoms with van der Waals surface area (Å²) < 4.78 is 28.9. The van der Waals surface area contributed by atoms with Crippen molar-refractivity contribution in [3.63, 3.8) is 0 Å². The van der Waals surface area contributed by atoms with E-state index in [0.29, 0.717) is 24.4 Å². The molecule has 0 spiro atoms. The molecular weight excluding hydrogens is 400 g/mol. The molecule has 6 heteroatoms. The number of benzene rings is 2. The van der Waals surface area contributed by atoms with Crippen molar-refractivity contribution < 1.29 is 8.42 Å². The molecule has 0 aromatic heterocycles. The van der Waals surface area contributed by atoms with E-state index in [1.54, 1.807) is 12.1 Å². The number of hydrogen-bond acceptors (Lipinski definition) is 3. The maximum atomic E-state index is 12.6. The Morgan fingerprint density at radius 3 is 2.52 bits per heavy atom. The van der Waals surface area contributed by atoms with Crippen LogP contribution in [0.25, 0.3) is 0 Å². The highest BCUT2D eigenvalue weighted by molar-refractivity contribution is 9.10. The Hall–Kier alpha value is -1.37. The Kier molecular flexibility index (Phi) is 7.04. The van der Waals surface area contributed by atoms with Gasteiger partial charge in [0.1, 0.15) is 0 Å². The Morgan fingerprint density at radius 2 is 1.88 bits per heavy atom. The predicted molar refractivity (Wildman–Crippen MR) is 108 cm³/mol. The van der Waals surface area contributed by atoms with Gasteiger partial charge in [0, 0.05) is 29.8 Å². The Balaban J connectivity index is 2.07. The molecule has 0 aliphatic carbocycles. The predicted octanol–water partition coefficient (Wildman–Crippen LogP) is 4.12. The van der Waals surface area contributed by atoms with Crippen molar-refractivity contribution in [1.29, 1.82) is 0 Å². The Morgan fingerprint density at radius 1 is 1.12 bits per heavy atom. The van der Waals surface area contributed by atoms with Gasteiger partial charge in [-0.3, -0.25) is 0 Å². The van der Waals surface area contributed by atoms with Crippen molar-refractivity contribution in [2.24, 2.45) is 0 Å². The summed E-state index contributed by atoms with van der Waals surface area (Å²) in [7, 11) is -3.51. The fourth-order valence-electron chi connectivity index (χ4n) is 2.77. The van der Waals surface area contributed by atoms with Crippen LogP contribution in [0.2, 0.25) is 0 Å². The van der Waals surface area contributed by atoms with Crippen LogP contribution in [0.5, 0.6) is 0 Å². The van der Waals surface area contributed by atoms with Gasteiger partial charge in [-0.2, -0.15) is 0 Å². The summed E-state index contributed by atoms with van der Waals surface area (Å²) in [5.74, 6) is 0. The topological polar surface area (TPSA) is 49.4 Å². The number of anilines is 1. The molecule has 2 aromatic carbocycles. The molecule has 2 aromatic rings. The minimum absolute atomic E-state index is 0.358. The summed E-state index contributed by atoms with van der Waals surface area (Å²) in [6.45, 7) is 7.89. The molecule has 0 radical (unpaired) electrons. The summed E-state index contributed by atoms with van der Waals surface area (Å²) in [5.41, 5.74) is 3.12. The summed E-state index contributed by atoms with van der Waals surface area (Å²) in [4.78, 5) is 2.52. The zero-order valence-corrected chi connectivity index (χ0v) is 17.3. The van der Waals surface area contributed by atoms with Gasteiger partial charge in [0.25, 0.3) is 0 Å². The fourth-order valence-corrected chi connectivity index (χ4v) is 4.49. The standard InChI is InChI=1S/C19H25BrN2O2S/c1-4-16-14-17(20)9-10-19(16)25(23,24)21-11-12-22(5-2)18-8-6-7-15(3)13-18/h6-10,13-14,21H,4-5,11-12H2,1-3H3. The number of aryl methyl sites for hydroxylation is 2. The lowest BCUT2D eigenvalue weighted by molar-refractivity contribution is 0.579. The third-order valence-electron chi connectivity index (χ3n) is 4.12. The molecule has 0 saturated carbocycles. The van der Waals surface area contributed by atoms with Gasteiger partial charge in [-0.15, -0.1) is 0 Å². The number of hydrogen-bond donors (Lipinski definition) is 1. The highest BCUT2D eigenvalue weighted by Crippen LogP contribution is 2.21. The van der Waals surface area contributed by atoms with Crippen LogP contribution in [-0.2, 0) is 16.4 Å². The second-order valence-corrected chi connectivity index (χ2v) is 8.57. The maximum Gasteiger partial charge on any atom is 0.240 e. The third kappa shape index (κ3) is 5.30. The highest BCUT2D eigenvalue weighted by atomic mass is 79.9. The monoisotopic (exact) mass is 424 g/mol. The average Bonchev–Trinajstić information content (AvgIpc) is 2.58. The maximum absolute atomic E-state index is 12.6. The Labute approximate surface area is 159 Å². The van der Waals surface area contributed by atoms with Crippen molar-refractivity contribution in [1.82, 2.24) is 4.72 Å². The number of halogens is 1. The van der Waals surface area contributed by atoms with E-state index in [2.05, 4.69) is 57.6 Å². The van der Waals surface area contributed by atoms with E-state index >= 15 is 0 Å². The SMILES string of the molecule is CCc1cc(Br)ccc1S(=O)(=O)NCCN(CC)c1cccc(C)c1. The lowest BCUT2D eigenvalue weighted by Crippen LogP contribution is -2.35. The highest BCUT2D eigenvalue weighted by Gasteiger charge is 2.18. The molecule has 0 atom stereocenters. The number of sulfonamides is 1. The van der Waals surface area contributed by atoms with E-state index in [1.165, 1.54) is 5.56 Å². The van der Waals surface area contributed by atoms with Crippen molar-refractivity contribution in [2.45, 2.75) is 32.1 Å². The van der Waals surface area contributed by atoms with Gasteiger partial charge < -0.3 is 4.90 Å². The number of likely N-dealkylation sites (N-methyl/N-ethyl adjacent to an activating group) is 1. The van der Waals surface area contributed by atoms with Crippen molar-refractivity contribution in [3.05, 3.63) is 58.1 Å². The second-order valence-electron chi connectivity index (χ2n) is 5.92. The van der Waals surface area contributed by atoms with Gasteiger partial charge in [0.2, 0.25) is 10.0 Å². The summed E-state index contributed by atoms with van der Waals surface area (Å²) in [6.07, 6.45) is 0.667. The zero-order chi connectivity index (χ0) is 18.4. The fraction of sp³-hybridized carbons (Fsp3) is 0.368. The molecule has 0 heterocycles. The average molecular weight is 425 g/mol. The first kappa shape index (κ1) is 19.9. The zero-order valence-electron chi connectivity index (χ0n) is 14.9. The molecule has 2 rings (SSSR count). The molecule has 0 amide bonds. The number of nitrogens with zero attached hydrogens (tertiary/aromatic N) is 1. The summed E-state index contributed by atoms with van der Waals surface area (Å²) >= 11 is 3.39. The normalized spacial score (nSPS) is 11.5. The van der Waals surface area contributed by atoms with E-state index in [9.17, 15) is 8.42 Å². The molecule has 136 valence electrons. The van der Waals surface area contributed by atoms with Crippen LogP contribution in [0.1, 0.15) is 25.0 Å². The van der Waals surface area contributed by atoms with E-state index in [-0.39, 0.29) is 0 Å². The number of rotatable bonds is 8. The lowest BCUT2D eigenvalue weighted by Gasteiger charge is -2.23. The van der Waals surface area contributed by atoms with Crippen molar-refractivity contribution >= 4 is 31.6 Å². The molecule has 0 bridgehead atoms. The quantitative estimate of drug-likeness (QED) is 0.692. The minimum atomic E-state index is -3.51. The molecule has 4 nitrogen and oxygen atoms in total. The first-order valence-corrected chi connectivity index (χ1v) is 10.7. The van der Waals surface area contributed by atoms with Gasteiger partial charge in [-0.1, -0.05) is 35.0 Å². The second kappa shape index (κ2) is 8.83. The van der Waals surface area contributed by atoms with Crippen molar-refractivity contribution in [3.8, 4) is 0 Å². The van der Waals surface area contributed by atoms with Crippen LogP contribution in [0, 0.1) is 6.92 Å². The van der Waals surface area contributed by atoms with Gasteiger partial charge in [0.15, 0.2) is 0 Å². The lowest BCUT2D eigenvalue weighted by atomic mass is 10.2. The van der Waals surface area contributed by atoms with Gasteiger partial charge in [0.05, 0.1) is 4.90 Å². The van der Waals surface area contributed by atoms with Gasteiger partial charge in [-0.05, 0) is 61.7 Å². The summed E-state index contributed by atoms with van der Waals surface area (Å²) in [6, 6.07) is 13.5. The molecule has 0 aliphatic rings.